The number of carbonyl (C=O) groups is 1. The van der Waals surface area contributed by atoms with Gasteiger partial charge in [-0.2, -0.15) is 0 Å². The second-order valence-corrected chi connectivity index (χ2v) is 8.81. The van der Waals surface area contributed by atoms with Crippen molar-refractivity contribution < 1.29 is 30.7 Å². The maximum absolute atomic E-state index is 11.9. The highest BCUT2D eigenvalue weighted by Gasteiger charge is 2.19. The van der Waals surface area contributed by atoms with Gasteiger partial charge in [-0.3, -0.25) is 4.79 Å². The average molecular weight is 395 g/mol. The maximum atomic E-state index is 11.9. The van der Waals surface area contributed by atoms with Crippen LogP contribution in [0.4, 0.5) is 0 Å². The Morgan fingerprint density at radius 1 is 1.00 bits per heavy atom. The van der Waals surface area contributed by atoms with Crippen molar-refractivity contribution in [2.45, 2.75) is 32.8 Å². The molecule has 0 saturated heterocycles. The topological polar surface area (TPSA) is 26.3 Å². The van der Waals surface area contributed by atoms with E-state index >= 15 is 0 Å². The van der Waals surface area contributed by atoms with Crippen LogP contribution in [0.15, 0.2) is 54.6 Å². The molecule has 0 amide bonds. The molecule has 3 heteroatoms. The molecule has 2 rings (SSSR count). The van der Waals surface area contributed by atoms with Gasteiger partial charge >= 0.3 is 27.2 Å². The highest BCUT2D eigenvalue weighted by Crippen LogP contribution is 2.09. The van der Waals surface area contributed by atoms with Gasteiger partial charge in [0.15, 0.2) is 7.14 Å². The third-order valence-corrected chi connectivity index (χ3v) is 5.24. The minimum absolute atomic E-state index is 0.169. The standard InChI is InChI=1S/C18H20IO2/c1-18(2,3)21-17(20)13-14-8-7-11-16(12-14)19-15-9-5-4-6-10-15/h4-12H,13H2,1-3H3/q+1. The van der Waals surface area contributed by atoms with Gasteiger partial charge in [0.1, 0.15) is 5.60 Å². The first-order chi connectivity index (χ1) is 9.92. The molecule has 110 valence electrons. The van der Waals surface area contributed by atoms with Crippen LogP contribution in [0.1, 0.15) is 26.3 Å². The van der Waals surface area contributed by atoms with E-state index in [-0.39, 0.29) is 27.2 Å². The van der Waals surface area contributed by atoms with Crippen LogP contribution < -0.4 is 21.2 Å². The molecule has 0 saturated carbocycles. The van der Waals surface area contributed by atoms with Crippen molar-refractivity contribution in [2.75, 3.05) is 0 Å². The number of hydrogen-bond acceptors (Lipinski definition) is 2. The lowest BCUT2D eigenvalue weighted by atomic mass is 10.1. The third kappa shape index (κ3) is 5.87. The number of benzene rings is 2. The minimum atomic E-state index is -0.425. The molecule has 0 aliphatic carbocycles. The largest absolute Gasteiger partial charge is 0.460 e. The zero-order chi connectivity index (χ0) is 15.3. The number of carbonyl (C=O) groups excluding carboxylic acids is 1. The van der Waals surface area contributed by atoms with E-state index < -0.39 is 5.60 Å². The van der Waals surface area contributed by atoms with Crippen molar-refractivity contribution in [2.24, 2.45) is 0 Å². The first kappa shape index (κ1) is 16.0. The molecule has 0 unspecified atom stereocenters. The summed E-state index contributed by atoms with van der Waals surface area (Å²) in [5.74, 6) is -0.169. The Morgan fingerprint density at radius 3 is 2.33 bits per heavy atom. The zero-order valence-corrected chi connectivity index (χ0v) is 14.8. The number of ether oxygens (including phenoxy) is 1. The van der Waals surface area contributed by atoms with E-state index in [1.807, 2.05) is 39.0 Å². The molecule has 21 heavy (non-hydrogen) atoms. The van der Waals surface area contributed by atoms with Crippen molar-refractivity contribution in [1.29, 1.82) is 0 Å². The van der Waals surface area contributed by atoms with Crippen LogP contribution in [-0.2, 0) is 16.0 Å². The van der Waals surface area contributed by atoms with E-state index in [9.17, 15) is 4.79 Å². The molecule has 0 atom stereocenters. The van der Waals surface area contributed by atoms with Crippen molar-refractivity contribution in [3.63, 3.8) is 0 Å². The minimum Gasteiger partial charge on any atom is -0.460 e. The normalized spacial score (nSPS) is 11.2. The molecule has 2 aromatic rings. The summed E-state index contributed by atoms with van der Waals surface area (Å²) in [5, 5.41) is 0. The van der Waals surface area contributed by atoms with E-state index in [4.69, 9.17) is 4.74 Å². The van der Waals surface area contributed by atoms with Crippen molar-refractivity contribution >= 4 is 5.97 Å². The van der Waals surface area contributed by atoms with Crippen LogP contribution in [0, 0.1) is 7.14 Å². The van der Waals surface area contributed by atoms with Crippen molar-refractivity contribution in [1.82, 2.24) is 0 Å². The molecule has 0 spiro atoms. The maximum Gasteiger partial charge on any atom is 0.357 e. The molecule has 0 aromatic heterocycles. The summed E-state index contributed by atoms with van der Waals surface area (Å²) in [6.45, 7) is 5.67. The van der Waals surface area contributed by atoms with E-state index in [1.165, 1.54) is 7.14 Å². The fraction of sp³-hybridized carbons (Fsp3) is 0.278. The van der Waals surface area contributed by atoms with Crippen molar-refractivity contribution in [3.8, 4) is 0 Å². The summed E-state index contributed by atoms with van der Waals surface area (Å²) in [6.07, 6.45) is 0.337. The van der Waals surface area contributed by atoms with Crippen LogP contribution in [0.5, 0.6) is 0 Å². The predicted octanol–water partition coefficient (Wildman–Crippen LogP) is 0.699. The lowest BCUT2D eigenvalue weighted by molar-refractivity contribution is -0.597. The first-order valence-corrected chi connectivity index (χ1v) is 9.09. The van der Waals surface area contributed by atoms with Crippen LogP contribution >= 0.6 is 0 Å². The van der Waals surface area contributed by atoms with Gasteiger partial charge in [0, 0.05) is 0 Å². The van der Waals surface area contributed by atoms with E-state index in [1.54, 1.807) is 0 Å². The number of hydrogen-bond donors (Lipinski definition) is 0. The van der Waals surface area contributed by atoms with Crippen LogP contribution in [-0.4, -0.2) is 11.6 Å². The summed E-state index contributed by atoms with van der Waals surface area (Å²) in [4.78, 5) is 11.9. The molecule has 0 aliphatic rings. The second kappa shape index (κ2) is 7.07. The van der Waals surface area contributed by atoms with E-state index in [0.717, 1.165) is 5.56 Å². The molecule has 0 aliphatic heterocycles. The van der Waals surface area contributed by atoms with Gasteiger partial charge in [0.2, 0.25) is 0 Å². The van der Waals surface area contributed by atoms with E-state index in [2.05, 4.69) is 36.4 Å². The van der Waals surface area contributed by atoms with Gasteiger partial charge in [-0.05, 0) is 50.6 Å². The molecule has 2 nitrogen and oxygen atoms in total. The number of rotatable bonds is 4. The summed E-state index contributed by atoms with van der Waals surface area (Å²) < 4.78 is 8.07. The SMILES string of the molecule is CC(C)(C)OC(=O)Cc1cccc([I+]c2ccccc2)c1. The Bertz CT molecular complexity index is 600. The number of halogens is 1. The molecule has 0 N–H and O–H groups in total. The van der Waals surface area contributed by atoms with E-state index in [0.29, 0.717) is 6.42 Å². The van der Waals surface area contributed by atoms with Gasteiger partial charge < -0.3 is 4.74 Å². The lowest BCUT2D eigenvalue weighted by Gasteiger charge is -2.19. The summed E-state index contributed by atoms with van der Waals surface area (Å²) >= 11 is -0.194. The van der Waals surface area contributed by atoms with Gasteiger partial charge in [-0.15, -0.1) is 0 Å². The highest BCUT2D eigenvalue weighted by atomic mass is 127. The Balaban J connectivity index is 2.03. The fourth-order valence-electron chi connectivity index (χ4n) is 1.85. The predicted molar refractivity (Wildman–Crippen MR) is 79.8 cm³/mol. The molecular weight excluding hydrogens is 375 g/mol. The zero-order valence-electron chi connectivity index (χ0n) is 12.6. The molecule has 0 fully saturated rings. The molecule has 0 heterocycles. The third-order valence-electron chi connectivity index (χ3n) is 2.61. The Kier molecular flexibility index (Phi) is 5.39. The fourth-order valence-corrected chi connectivity index (χ4v) is 4.29. The van der Waals surface area contributed by atoms with Crippen molar-refractivity contribution in [3.05, 3.63) is 67.3 Å². The van der Waals surface area contributed by atoms with Gasteiger partial charge in [-0.25, -0.2) is 0 Å². The van der Waals surface area contributed by atoms with Crippen LogP contribution in [0.3, 0.4) is 0 Å². The molecule has 2 aromatic carbocycles. The van der Waals surface area contributed by atoms with Gasteiger partial charge in [0.05, 0.1) is 6.42 Å². The smallest absolute Gasteiger partial charge is 0.357 e. The Hall–Kier alpha value is -1.36. The Labute approximate surface area is 136 Å². The molecular formula is C18H20IO2+. The van der Waals surface area contributed by atoms with Gasteiger partial charge in [0.25, 0.3) is 0 Å². The quantitative estimate of drug-likeness (QED) is 0.563. The summed E-state index contributed by atoms with van der Waals surface area (Å²) in [7, 11) is 0. The first-order valence-electron chi connectivity index (χ1n) is 6.93. The molecule has 0 bridgehead atoms. The lowest BCUT2D eigenvalue weighted by Crippen LogP contribution is -3.61. The van der Waals surface area contributed by atoms with Gasteiger partial charge in [-0.1, -0.05) is 30.3 Å². The highest BCUT2D eigenvalue weighted by molar-refractivity contribution is 5.72. The number of esters is 1. The summed E-state index contributed by atoms with van der Waals surface area (Å²) in [5.41, 5.74) is 0.600. The summed E-state index contributed by atoms with van der Waals surface area (Å²) in [6, 6.07) is 18.8. The Morgan fingerprint density at radius 2 is 1.67 bits per heavy atom. The van der Waals surface area contributed by atoms with Crippen LogP contribution in [0.25, 0.3) is 0 Å². The molecule has 0 radical (unpaired) electrons. The second-order valence-electron chi connectivity index (χ2n) is 5.78. The monoisotopic (exact) mass is 395 g/mol. The van der Waals surface area contributed by atoms with Crippen LogP contribution in [0.2, 0.25) is 0 Å². The average Bonchev–Trinajstić information content (AvgIpc) is 2.38.